The van der Waals surface area contributed by atoms with Crippen molar-refractivity contribution in [1.82, 2.24) is 4.98 Å². The van der Waals surface area contributed by atoms with Gasteiger partial charge >= 0.3 is 0 Å². The van der Waals surface area contributed by atoms with Crippen LogP contribution >= 0.6 is 0 Å². The minimum absolute atomic E-state index is 0.436. The van der Waals surface area contributed by atoms with Crippen molar-refractivity contribution in [3.8, 4) is 11.6 Å². The van der Waals surface area contributed by atoms with Gasteiger partial charge in [0.05, 0.1) is 0 Å². The Balaban J connectivity index is 1.73. The van der Waals surface area contributed by atoms with E-state index in [9.17, 15) is 0 Å². The van der Waals surface area contributed by atoms with Gasteiger partial charge in [-0.25, -0.2) is 0 Å². The number of para-hydroxylation sites is 1. The van der Waals surface area contributed by atoms with Crippen molar-refractivity contribution in [2.24, 2.45) is 0 Å². The molecule has 88 valence electrons. The van der Waals surface area contributed by atoms with Gasteiger partial charge in [0.2, 0.25) is 5.88 Å². The van der Waals surface area contributed by atoms with Gasteiger partial charge in [-0.2, -0.15) is 4.98 Å². The van der Waals surface area contributed by atoms with E-state index in [0.29, 0.717) is 24.9 Å². The van der Waals surface area contributed by atoms with Crippen molar-refractivity contribution in [3.63, 3.8) is 0 Å². The number of anilines is 1. The Kier molecular flexibility index (Phi) is 3.81. The maximum Gasteiger partial charge on any atom is 0.215 e. The first-order valence-electron chi connectivity index (χ1n) is 5.38. The number of benzene rings is 1. The fourth-order valence-corrected chi connectivity index (χ4v) is 1.33. The molecule has 17 heavy (non-hydrogen) atoms. The topological polar surface area (TPSA) is 57.4 Å². The zero-order valence-electron chi connectivity index (χ0n) is 9.37. The van der Waals surface area contributed by atoms with Crippen molar-refractivity contribution in [2.75, 3.05) is 18.9 Å². The average Bonchev–Trinajstić information content (AvgIpc) is 2.36. The Morgan fingerprint density at radius 2 is 1.65 bits per heavy atom. The van der Waals surface area contributed by atoms with Crippen LogP contribution in [0.5, 0.6) is 11.6 Å². The van der Waals surface area contributed by atoms with Gasteiger partial charge in [0, 0.05) is 6.07 Å². The molecular weight excluding hydrogens is 216 g/mol. The van der Waals surface area contributed by atoms with Gasteiger partial charge in [0.1, 0.15) is 24.8 Å². The summed E-state index contributed by atoms with van der Waals surface area (Å²) in [4.78, 5) is 4.02. The lowest BCUT2D eigenvalue weighted by molar-refractivity contribution is 0.212. The molecule has 0 unspecified atom stereocenters. The predicted octanol–water partition coefficient (Wildman–Crippen LogP) is 2.12. The monoisotopic (exact) mass is 230 g/mol. The molecule has 0 aliphatic carbocycles. The molecule has 2 N–H and O–H groups in total. The fourth-order valence-electron chi connectivity index (χ4n) is 1.33. The van der Waals surface area contributed by atoms with Crippen LogP contribution in [0.25, 0.3) is 0 Å². The fraction of sp³-hybridized carbons (Fsp3) is 0.154. The number of ether oxygens (including phenoxy) is 2. The van der Waals surface area contributed by atoms with Gasteiger partial charge < -0.3 is 15.2 Å². The maximum atomic E-state index is 5.53. The number of pyridine rings is 1. The Hall–Kier alpha value is -2.23. The minimum Gasteiger partial charge on any atom is -0.490 e. The lowest BCUT2D eigenvalue weighted by Crippen LogP contribution is -2.09. The standard InChI is InChI=1S/C13H14N2O2/c14-12-7-4-8-13(15-12)17-10-9-16-11-5-2-1-3-6-11/h1-8H,9-10H2,(H2,14,15). The molecule has 1 aromatic carbocycles. The number of rotatable bonds is 5. The Labute approximate surface area is 100 Å². The van der Waals surface area contributed by atoms with Crippen LogP contribution in [-0.4, -0.2) is 18.2 Å². The smallest absolute Gasteiger partial charge is 0.215 e. The van der Waals surface area contributed by atoms with E-state index < -0.39 is 0 Å². The molecule has 0 saturated heterocycles. The second-order valence-electron chi connectivity index (χ2n) is 3.41. The van der Waals surface area contributed by atoms with Crippen molar-refractivity contribution < 1.29 is 9.47 Å². The van der Waals surface area contributed by atoms with E-state index in [1.807, 2.05) is 30.3 Å². The summed E-state index contributed by atoms with van der Waals surface area (Å²) in [6.45, 7) is 0.909. The highest BCUT2D eigenvalue weighted by atomic mass is 16.5. The van der Waals surface area contributed by atoms with E-state index in [-0.39, 0.29) is 0 Å². The van der Waals surface area contributed by atoms with Crippen LogP contribution in [0.15, 0.2) is 48.5 Å². The Bertz CT molecular complexity index is 460. The van der Waals surface area contributed by atoms with E-state index in [1.54, 1.807) is 18.2 Å². The van der Waals surface area contributed by atoms with E-state index in [0.717, 1.165) is 5.75 Å². The molecule has 0 radical (unpaired) electrons. The number of hydrogen-bond acceptors (Lipinski definition) is 4. The molecule has 0 aliphatic rings. The zero-order chi connectivity index (χ0) is 11.9. The first-order valence-corrected chi connectivity index (χ1v) is 5.38. The summed E-state index contributed by atoms with van der Waals surface area (Å²) in [5.74, 6) is 1.80. The molecule has 0 atom stereocenters. The molecule has 0 saturated carbocycles. The third-order valence-corrected chi connectivity index (χ3v) is 2.09. The van der Waals surface area contributed by atoms with Crippen molar-refractivity contribution in [2.45, 2.75) is 0 Å². The first-order chi connectivity index (χ1) is 8.34. The lowest BCUT2D eigenvalue weighted by atomic mass is 10.3. The lowest BCUT2D eigenvalue weighted by Gasteiger charge is -2.07. The highest BCUT2D eigenvalue weighted by molar-refractivity contribution is 5.31. The Morgan fingerprint density at radius 3 is 2.41 bits per heavy atom. The third kappa shape index (κ3) is 3.68. The molecule has 1 aromatic heterocycles. The normalized spacial score (nSPS) is 9.88. The predicted molar refractivity (Wildman–Crippen MR) is 66.1 cm³/mol. The van der Waals surface area contributed by atoms with E-state index >= 15 is 0 Å². The average molecular weight is 230 g/mol. The molecule has 2 aromatic rings. The van der Waals surface area contributed by atoms with E-state index in [1.165, 1.54) is 0 Å². The summed E-state index contributed by atoms with van der Waals surface area (Å²) in [5.41, 5.74) is 5.53. The van der Waals surface area contributed by atoms with Crippen LogP contribution in [0.1, 0.15) is 0 Å². The first kappa shape index (κ1) is 11.3. The van der Waals surface area contributed by atoms with E-state index in [2.05, 4.69) is 4.98 Å². The van der Waals surface area contributed by atoms with Crippen LogP contribution in [0.4, 0.5) is 5.82 Å². The van der Waals surface area contributed by atoms with Gasteiger partial charge in [-0.1, -0.05) is 24.3 Å². The molecule has 0 spiro atoms. The van der Waals surface area contributed by atoms with Crippen molar-refractivity contribution in [3.05, 3.63) is 48.5 Å². The molecule has 0 aliphatic heterocycles. The largest absolute Gasteiger partial charge is 0.490 e. The zero-order valence-corrected chi connectivity index (χ0v) is 9.37. The van der Waals surface area contributed by atoms with E-state index in [4.69, 9.17) is 15.2 Å². The van der Waals surface area contributed by atoms with Gasteiger partial charge in [-0.15, -0.1) is 0 Å². The number of nitrogens with zero attached hydrogens (tertiary/aromatic N) is 1. The number of nitrogens with two attached hydrogens (primary N) is 1. The van der Waals surface area contributed by atoms with Crippen LogP contribution in [0.2, 0.25) is 0 Å². The van der Waals surface area contributed by atoms with Crippen LogP contribution in [0, 0.1) is 0 Å². The van der Waals surface area contributed by atoms with Gasteiger partial charge in [0.25, 0.3) is 0 Å². The van der Waals surface area contributed by atoms with Crippen LogP contribution in [-0.2, 0) is 0 Å². The molecule has 4 nitrogen and oxygen atoms in total. The molecular formula is C13H14N2O2. The number of aromatic nitrogens is 1. The van der Waals surface area contributed by atoms with Gasteiger partial charge in [0.15, 0.2) is 0 Å². The molecule has 0 fully saturated rings. The highest BCUT2D eigenvalue weighted by Gasteiger charge is 1.96. The van der Waals surface area contributed by atoms with Crippen LogP contribution < -0.4 is 15.2 Å². The summed E-state index contributed by atoms with van der Waals surface area (Å²) in [5, 5.41) is 0. The van der Waals surface area contributed by atoms with Crippen molar-refractivity contribution in [1.29, 1.82) is 0 Å². The second-order valence-corrected chi connectivity index (χ2v) is 3.41. The molecule has 2 rings (SSSR count). The SMILES string of the molecule is Nc1cccc(OCCOc2ccccc2)n1. The summed E-state index contributed by atoms with van der Waals surface area (Å²) < 4.78 is 10.9. The maximum absolute atomic E-state index is 5.53. The summed E-state index contributed by atoms with van der Waals surface area (Å²) in [6, 6.07) is 14.9. The number of nitrogen functional groups attached to an aromatic ring is 1. The molecule has 4 heteroatoms. The highest BCUT2D eigenvalue weighted by Crippen LogP contribution is 2.10. The number of hydrogen-bond donors (Lipinski definition) is 1. The molecule has 0 amide bonds. The minimum atomic E-state index is 0.436. The van der Waals surface area contributed by atoms with Gasteiger partial charge in [-0.3, -0.25) is 0 Å². The Morgan fingerprint density at radius 1 is 0.882 bits per heavy atom. The summed E-state index contributed by atoms with van der Waals surface area (Å²) >= 11 is 0. The van der Waals surface area contributed by atoms with Crippen molar-refractivity contribution >= 4 is 5.82 Å². The molecule has 1 heterocycles. The summed E-state index contributed by atoms with van der Waals surface area (Å²) in [7, 11) is 0. The summed E-state index contributed by atoms with van der Waals surface area (Å²) in [6.07, 6.45) is 0. The third-order valence-electron chi connectivity index (χ3n) is 2.09. The quantitative estimate of drug-likeness (QED) is 0.799. The van der Waals surface area contributed by atoms with Gasteiger partial charge in [-0.05, 0) is 18.2 Å². The second kappa shape index (κ2) is 5.75. The molecule has 0 bridgehead atoms. The van der Waals surface area contributed by atoms with Crippen LogP contribution in [0.3, 0.4) is 0 Å².